The first-order valence-corrected chi connectivity index (χ1v) is 9.85. The van der Waals surface area contributed by atoms with Crippen LogP contribution in [0.25, 0.3) is 55.4 Å². The van der Waals surface area contributed by atoms with E-state index in [4.69, 9.17) is 4.42 Å². The van der Waals surface area contributed by atoms with E-state index in [0.717, 1.165) is 5.58 Å². The highest BCUT2D eigenvalue weighted by atomic mass is 16.3. The lowest BCUT2D eigenvalue weighted by Gasteiger charge is -2.08. The fraction of sp³-hybridized carbons (Fsp3) is 0. The molecule has 0 bridgehead atoms. The molecule has 0 aliphatic carbocycles. The van der Waals surface area contributed by atoms with Crippen LogP contribution in [0, 0.1) is 0 Å². The molecule has 0 N–H and O–H groups in total. The molecule has 1 heterocycles. The summed E-state index contributed by atoms with van der Waals surface area (Å²) in [7, 11) is 0. The van der Waals surface area contributed by atoms with Crippen LogP contribution < -0.4 is 0 Å². The molecule has 5 aromatic carbocycles. The van der Waals surface area contributed by atoms with Crippen LogP contribution in [0.4, 0.5) is 0 Å². The van der Waals surface area contributed by atoms with Crippen molar-refractivity contribution in [2.24, 2.45) is 0 Å². The van der Waals surface area contributed by atoms with Crippen LogP contribution in [0.2, 0.25) is 0 Å². The van der Waals surface area contributed by atoms with Gasteiger partial charge in [0.15, 0.2) is 0 Å². The zero-order chi connectivity index (χ0) is 19.2. The Morgan fingerprint density at radius 3 is 2.21 bits per heavy atom. The molecule has 1 aromatic heterocycles. The van der Waals surface area contributed by atoms with Crippen LogP contribution >= 0.6 is 0 Å². The fourth-order valence-electron chi connectivity index (χ4n) is 4.22. The Morgan fingerprint density at radius 2 is 1.28 bits per heavy atom. The summed E-state index contributed by atoms with van der Waals surface area (Å²) in [6.45, 7) is 0. The van der Waals surface area contributed by atoms with Crippen LogP contribution in [-0.4, -0.2) is 0 Å². The average molecular weight is 370 g/mol. The Kier molecular flexibility index (Phi) is 3.54. The second kappa shape index (κ2) is 6.35. The Bertz CT molecular complexity index is 1530. The first-order valence-electron chi connectivity index (χ1n) is 9.85. The van der Waals surface area contributed by atoms with Gasteiger partial charge in [-0.3, -0.25) is 0 Å². The lowest BCUT2D eigenvalue weighted by molar-refractivity contribution is 0.616. The third-order valence-corrected chi connectivity index (χ3v) is 5.70. The fourth-order valence-corrected chi connectivity index (χ4v) is 4.22. The van der Waals surface area contributed by atoms with E-state index in [9.17, 15) is 0 Å². The normalized spacial score (nSPS) is 12.0. The summed E-state index contributed by atoms with van der Waals surface area (Å²) in [4.78, 5) is 0. The highest BCUT2D eigenvalue weighted by Gasteiger charge is 2.07. The van der Waals surface area contributed by atoms with Gasteiger partial charge in [0.2, 0.25) is 0 Å². The van der Waals surface area contributed by atoms with Gasteiger partial charge in [0.1, 0.15) is 5.58 Å². The molecule has 136 valence electrons. The monoisotopic (exact) mass is 370 g/mol. The van der Waals surface area contributed by atoms with Gasteiger partial charge in [-0.25, -0.2) is 0 Å². The van der Waals surface area contributed by atoms with Gasteiger partial charge < -0.3 is 4.42 Å². The number of rotatable bonds is 2. The van der Waals surface area contributed by atoms with Gasteiger partial charge in [0.05, 0.1) is 6.26 Å². The molecule has 6 aromatic rings. The summed E-state index contributed by atoms with van der Waals surface area (Å²) < 4.78 is 5.57. The van der Waals surface area contributed by atoms with Crippen molar-refractivity contribution in [3.63, 3.8) is 0 Å². The maximum Gasteiger partial charge on any atom is 0.134 e. The minimum absolute atomic E-state index is 0.937. The van der Waals surface area contributed by atoms with Gasteiger partial charge in [0, 0.05) is 5.39 Å². The van der Waals surface area contributed by atoms with E-state index in [2.05, 4.69) is 97.1 Å². The summed E-state index contributed by atoms with van der Waals surface area (Å²) in [5.74, 6) is 0. The lowest BCUT2D eigenvalue weighted by atomic mass is 9.96. The SMILES string of the molecule is C(=Cc1ccc2cc3c(ccc4c5ccoc5ccc34)cc2c1)c1ccccc1. The second-order valence-corrected chi connectivity index (χ2v) is 7.48. The molecule has 0 atom stereocenters. The molecule has 0 aliphatic rings. The van der Waals surface area contributed by atoms with Gasteiger partial charge in [-0.05, 0) is 73.8 Å². The summed E-state index contributed by atoms with van der Waals surface area (Å²) in [5.41, 5.74) is 3.36. The van der Waals surface area contributed by atoms with Crippen LogP contribution in [0.15, 0.2) is 102 Å². The van der Waals surface area contributed by atoms with Crippen LogP contribution in [0.3, 0.4) is 0 Å². The van der Waals surface area contributed by atoms with Crippen molar-refractivity contribution in [2.45, 2.75) is 0 Å². The molecule has 0 fully saturated rings. The number of benzene rings is 5. The third-order valence-electron chi connectivity index (χ3n) is 5.70. The van der Waals surface area contributed by atoms with Gasteiger partial charge in [-0.1, -0.05) is 72.8 Å². The van der Waals surface area contributed by atoms with E-state index in [0.29, 0.717) is 0 Å². The maximum absolute atomic E-state index is 5.57. The van der Waals surface area contributed by atoms with E-state index >= 15 is 0 Å². The van der Waals surface area contributed by atoms with Gasteiger partial charge >= 0.3 is 0 Å². The van der Waals surface area contributed by atoms with Crippen LogP contribution in [0.5, 0.6) is 0 Å². The van der Waals surface area contributed by atoms with E-state index in [1.807, 2.05) is 6.07 Å². The molecule has 0 amide bonds. The van der Waals surface area contributed by atoms with Gasteiger partial charge in [-0.15, -0.1) is 0 Å². The zero-order valence-electron chi connectivity index (χ0n) is 15.8. The molecule has 0 saturated carbocycles. The topological polar surface area (TPSA) is 13.1 Å². The largest absolute Gasteiger partial charge is 0.464 e. The van der Waals surface area contributed by atoms with Crippen molar-refractivity contribution in [1.82, 2.24) is 0 Å². The summed E-state index contributed by atoms with van der Waals surface area (Å²) in [5, 5.41) is 8.75. The highest BCUT2D eigenvalue weighted by molar-refractivity contribution is 6.18. The molecule has 6 rings (SSSR count). The predicted octanol–water partition coefficient (Wildman–Crippen LogP) is 8.06. The molecular formula is C28H18O. The zero-order valence-corrected chi connectivity index (χ0v) is 15.8. The van der Waals surface area contributed by atoms with Crippen LogP contribution in [-0.2, 0) is 0 Å². The van der Waals surface area contributed by atoms with Crippen molar-refractivity contribution < 1.29 is 4.42 Å². The van der Waals surface area contributed by atoms with Crippen LogP contribution in [0.1, 0.15) is 11.1 Å². The molecule has 0 aliphatic heterocycles. The van der Waals surface area contributed by atoms with Gasteiger partial charge in [0.25, 0.3) is 0 Å². The maximum atomic E-state index is 5.57. The van der Waals surface area contributed by atoms with Crippen molar-refractivity contribution in [3.05, 3.63) is 108 Å². The molecule has 0 spiro atoms. The molecular weight excluding hydrogens is 352 g/mol. The third kappa shape index (κ3) is 2.71. The van der Waals surface area contributed by atoms with Crippen molar-refractivity contribution >= 4 is 55.4 Å². The highest BCUT2D eigenvalue weighted by Crippen LogP contribution is 2.34. The molecule has 0 saturated heterocycles. The number of hydrogen-bond acceptors (Lipinski definition) is 1. The van der Waals surface area contributed by atoms with E-state index in [-0.39, 0.29) is 0 Å². The van der Waals surface area contributed by atoms with E-state index in [1.54, 1.807) is 6.26 Å². The standard InChI is InChI=1S/C28H18O/c1-2-4-19(5-3-1)6-7-20-8-9-21-18-27-22(17-23(21)16-20)10-11-24-25(27)12-13-28-26(24)14-15-29-28/h1-18H. The Hall–Kier alpha value is -3.84. The Balaban J connectivity index is 1.51. The smallest absolute Gasteiger partial charge is 0.134 e. The molecule has 0 radical (unpaired) electrons. The minimum atomic E-state index is 0.937. The summed E-state index contributed by atoms with van der Waals surface area (Å²) in [6.07, 6.45) is 6.10. The van der Waals surface area contributed by atoms with E-state index in [1.165, 1.54) is 48.8 Å². The van der Waals surface area contributed by atoms with Crippen molar-refractivity contribution in [2.75, 3.05) is 0 Å². The predicted molar refractivity (Wildman–Crippen MR) is 124 cm³/mol. The number of hydrogen-bond donors (Lipinski definition) is 0. The molecule has 1 heteroatoms. The average Bonchev–Trinajstić information content (AvgIpc) is 3.26. The van der Waals surface area contributed by atoms with Gasteiger partial charge in [-0.2, -0.15) is 0 Å². The minimum Gasteiger partial charge on any atom is -0.464 e. The Labute approximate surface area is 168 Å². The second-order valence-electron chi connectivity index (χ2n) is 7.48. The summed E-state index contributed by atoms with van der Waals surface area (Å²) in [6, 6.07) is 32.4. The van der Waals surface area contributed by atoms with Crippen molar-refractivity contribution in [3.8, 4) is 0 Å². The lowest BCUT2D eigenvalue weighted by Crippen LogP contribution is -1.82. The van der Waals surface area contributed by atoms with Crippen molar-refractivity contribution in [1.29, 1.82) is 0 Å². The molecule has 1 nitrogen and oxygen atoms in total. The first-order chi connectivity index (χ1) is 14.3. The Morgan fingerprint density at radius 1 is 0.483 bits per heavy atom. The molecule has 29 heavy (non-hydrogen) atoms. The molecule has 0 unspecified atom stereocenters. The van der Waals surface area contributed by atoms with E-state index < -0.39 is 0 Å². The quantitative estimate of drug-likeness (QED) is 0.171. The summed E-state index contributed by atoms with van der Waals surface area (Å²) >= 11 is 0. The number of furan rings is 1. The first kappa shape index (κ1) is 16.1. The number of fused-ring (bicyclic) bond motifs is 6.